The molecular formula is C22H34O4. The molecule has 3 saturated carbocycles. The molecule has 0 aromatic heterocycles. The van der Waals surface area contributed by atoms with E-state index in [1.807, 2.05) is 6.08 Å². The van der Waals surface area contributed by atoms with Crippen LogP contribution in [0, 0.1) is 23.2 Å². The van der Waals surface area contributed by atoms with E-state index in [4.69, 9.17) is 5.11 Å². The second kappa shape index (κ2) is 8.26. The minimum atomic E-state index is -0.751. The average Bonchev–Trinajstić information content (AvgIpc) is 2.63. The number of aliphatic hydroxyl groups excluding tert-OH is 2. The molecule has 0 aliphatic heterocycles. The smallest absolute Gasteiger partial charge is 0.303 e. The summed E-state index contributed by atoms with van der Waals surface area (Å²) in [7, 11) is 0. The van der Waals surface area contributed by atoms with Gasteiger partial charge in [-0.15, -0.1) is 0 Å². The van der Waals surface area contributed by atoms with Crippen molar-refractivity contribution >= 4 is 5.97 Å². The fourth-order valence-electron chi connectivity index (χ4n) is 5.44. The molecule has 0 aromatic rings. The van der Waals surface area contributed by atoms with Crippen LogP contribution >= 0.6 is 0 Å². The highest BCUT2D eigenvalue weighted by atomic mass is 16.4. The van der Waals surface area contributed by atoms with Crippen LogP contribution in [0.2, 0.25) is 0 Å². The Kier molecular flexibility index (Phi) is 6.24. The molecule has 0 bridgehead atoms. The molecule has 0 spiro atoms. The molecule has 0 amide bonds. The Bertz CT molecular complexity index is 560. The Morgan fingerprint density at radius 1 is 1.27 bits per heavy atom. The molecule has 4 heteroatoms. The van der Waals surface area contributed by atoms with Crippen LogP contribution in [0.5, 0.6) is 0 Å². The lowest BCUT2D eigenvalue weighted by Gasteiger charge is -2.57. The zero-order valence-corrected chi connectivity index (χ0v) is 15.9. The van der Waals surface area contributed by atoms with E-state index in [0.717, 1.165) is 32.1 Å². The van der Waals surface area contributed by atoms with Crippen molar-refractivity contribution in [1.29, 1.82) is 0 Å². The maximum atomic E-state index is 10.7. The van der Waals surface area contributed by atoms with E-state index in [1.165, 1.54) is 24.8 Å². The molecular weight excluding hydrogens is 328 g/mol. The number of carboxylic acids is 1. The number of carbonyl (C=O) groups is 1. The minimum Gasteiger partial charge on any atom is -0.481 e. The standard InChI is InChI=1S/C22H34O4/c1-22-13-12-20(24)17(10-11-19(23)15-6-3-2-4-7-15)18(22)14-16(22)8-5-9-21(25)26/h8,10-11,15,17-20,23-24H,2-7,9,12-14H2,1H3,(H,25,26)/t17-,18-,19?,20-,22-/m0/s1. The van der Waals surface area contributed by atoms with Crippen molar-refractivity contribution in [2.24, 2.45) is 23.2 Å². The largest absolute Gasteiger partial charge is 0.481 e. The molecule has 0 saturated heterocycles. The van der Waals surface area contributed by atoms with E-state index in [0.29, 0.717) is 18.3 Å². The first kappa shape index (κ1) is 19.6. The zero-order chi connectivity index (χ0) is 18.7. The number of fused-ring (bicyclic) bond motifs is 1. The van der Waals surface area contributed by atoms with Crippen LogP contribution in [0.3, 0.4) is 0 Å². The molecule has 3 N–H and O–H groups in total. The van der Waals surface area contributed by atoms with Gasteiger partial charge >= 0.3 is 5.97 Å². The first-order valence-corrected chi connectivity index (χ1v) is 10.4. The Labute approximate surface area is 157 Å². The van der Waals surface area contributed by atoms with Gasteiger partial charge in [-0.05, 0) is 55.8 Å². The van der Waals surface area contributed by atoms with Crippen molar-refractivity contribution in [2.45, 2.75) is 83.3 Å². The van der Waals surface area contributed by atoms with Gasteiger partial charge in [-0.3, -0.25) is 4.79 Å². The van der Waals surface area contributed by atoms with Gasteiger partial charge < -0.3 is 15.3 Å². The van der Waals surface area contributed by atoms with Gasteiger partial charge in [-0.1, -0.05) is 50.0 Å². The minimum absolute atomic E-state index is 0.0858. The second-order valence-electron chi connectivity index (χ2n) is 8.85. The van der Waals surface area contributed by atoms with Gasteiger partial charge in [0.2, 0.25) is 0 Å². The van der Waals surface area contributed by atoms with Crippen LogP contribution in [0.1, 0.15) is 71.1 Å². The maximum absolute atomic E-state index is 10.7. The lowest BCUT2D eigenvalue weighted by Crippen LogP contribution is -2.51. The highest BCUT2D eigenvalue weighted by molar-refractivity contribution is 5.66. The highest BCUT2D eigenvalue weighted by Gasteiger charge is 2.53. The number of hydrogen-bond acceptors (Lipinski definition) is 3. The fourth-order valence-corrected chi connectivity index (χ4v) is 5.44. The molecule has 0 aromatic carbocycles. The number of carboxylic acid groups (broad SMARTS) is 1. The average molecular weight is 363 g/mol. The summed E-state index contributed by atoms with van der Waals surface area (Å²) in [6.07, 6.45) is 14.8. The van der Waals surface area contributed by atoms with E-state index in [2.05, 4.69) is 19.1 Å². The number of rotatable bonds is 6. The van der Waals surface area contributed by atoms with Gasteiger partial charge in [0.1, 0.15) is 0 Å². The van der Waals surface area contributed by atoms with Gasteiger partial charge in [0.25, 0.3) is 0 Å². The predicted molar refractivity (Wildman–Crippen MR) is 102 cm³/mol. The van der Waals surface area contributed by atoms with Crippen molar-refractivity contribution in [3.8, 4) is 0 Å². The van der Waals surface area contributed by atoms with E-state index in [-0.39, 0.29) is 30.0 Å². The number of allylic oxidation sites excluding steroid dienone is 2. The summed E-state index contributed by atoms with van der Waals surface area (Å²) in [5.41, 5.74) is 1.45. The summed E-state index contributed by atoms with van der Waals surface area (Å²) >= 11 is 0. The molecule has 3 rings (SSSR count). The first-order valence-electron chi connectivity index (χ1n) is 10.4. The molecule has 1 unspecified atom stereocenters. The Balaban J connectivity index is 1.62. The van der Waals surface area contributed by atoms with Crippen LogP contribution in [0.4, 0.5) is 0 Å². The van der Waals surface area contributed by atoms with Crippen LogP contribution < -0.4 is 0 Å². The van der Waals surface area contributed by atoms with Gasteiger partial charge in [0, 0.05) is 12.3 Å². The fraction of sp³-hybridized carbons (Fsp3) is 0.773. The third-order valence-corrected chi connectivity index (χ3v) is 7.27. The van der Waals surface area contributed by atoms with E-state index in [1.54, 1.807) is 0 Å². The summed E-state index contributed by atoms with van der Waals surface area (Å²) in [6.45, 7) is 2.26. The summed E-state index contributed by atoms with van der Waals surface area (Å²) in [4.78, 5) is 10.7. The zero-order valence-electron chi connectivity index (χ0n) is 15.9. The Morgan fingerprint density at radius 2 is 2.00 bits per heavy atom. The number of aliphatic hydroxyl groups is 2. The number of aliphatic carboxylic acids is 1. The summed E-state index contributed by atoms with van der Waals surface area (Å²) < 4.78 is 0. The lowest BCUT2D eigenvalue weighted by atomic mass is 9.48. The van der Waals surface area contributed by atoms with E-state index in [9.17, 15) is 15.0 Å². The van der Waals surface area contributed by atoms with Crippen molar-refractivity contribution in [2.75, 3.05) is 0 Å². The molecule has 3 fully saturated rings. The molecule has 3 aliphatic rings. The maximum Gasteiger partial charge on any atom is 0.303 e. The quantitative estimate of drug-likeness (QED) is 0.622. The SMILES string of the molecule is C[C@@]12CC[C@H](O)[C@@H](C=CC(O)C3CCCCC3)[C@@H]1CC2=CCCC(=O)O. The van der Waals surface area contributed by atoms with E-state index < -0.39 is 5.97 Å². The van der Waals surface area contributed by atoms with Crippen LogP contribution in [-0.2, 0) is 4.79 Å². The van der Waals surface area contributed by atoms with Crippen LogP contribution in [0.15, 0.2) is 23.8 Å². The molecule has 5 atom stereocenters. The van der Waals surface area contributed by atoms with E-state index >= 15 is 0 Å². The monoisotopic (exact) mass is 362 g/mol. The third-order valence-electron chi connectivity index (χ3n) is 7.27. The topological polar surface area (TPSA) is 77.8 Å². The lowest BCUT2D eigenvalue weighted by molar-refractivity contribution is -0.136. The van der Waals surface area contributed by atoms with Crippen molar-refractivity contribution < 1.29 is 20.1 Å². The van der Waals surface area contributed by atoms with Gasteiger partial charge in [-0.2, -0.15) is 0 Å². The molecule has 26 heavy (non-hydrogen) atoms. The molecule has 0 radical (unpaired) electrons. The molecule has 4 nitrogen and oxygen atoms in total. The molecule has 0 heterocycles. The second-order valence-corrected chi connectivity index (χ2v) is 8.85. The molecule has 146 valence electrons. The summed E-state index contributed by atoms with van der Waals surface area (Å²) in [5, 5.41) is 29.9. The predicted octanol–water partition coefficient (Wildman–Crippen LogP) is 4.07. The normalized spacial score (nSPS) is 38.1. The van der Waals surface area contributed by atoms with Crippen molar-refractivity contribution in [1.82, 2.24) is 0 Å². The van der Waals surface area contributed by atoms with Gasteiger partial charge in [-0.25, -0.2) is 0 Å². The van der Waals surface area contributed by atoms with Crippen LogP contribution in [-0.4, -0.2) is 33.5 Å². The first-order chi connectivity index (χ1) is 12.4. The Morgan fingerprint density at radius 3 is 2.69 bits per heavy atom. The summed E-state index contributed by atoms with van der Waals surface area (Å²) in [6, 6.07) is 0. The molecule has 3 aliphatic carbocycles. The number of hydrogen-bond donors (Lipinski definition) is 3. The van der Waals surface area contributed by atoms with Gasteiger partial charge in [0.15, 0.2) is 0 Å². The Hall–Kier alpha value is -1.13. The van der Waals surface area contributed by atoms with Crippen molar-refractivity contribution in [3.05, 3.63) is 23.8 Å². The van der Waals surface area contributed by atoms with Crippen LogP contribution in [0.25, 0.3) is 0 Å². The van der Waals surface area contributed by atoms with Crippen molar-refractivity contribution in [3.63, 3.8) is 0 Å². The van der Waals surface area contributed by atoms with Gasteiger partial charge in [0.05, 0.1) is 12.2 Å². The summed E-state index contributed by atoms with van der Waals surface area (Å²) in [5.74, 6) is 0.125. The third kappa shape index (κ3) is 4.07. The highest BCUT2D eigenvalue weighted by Crippen LogP contribution is 2.61.